The lowest BCUT2D eigenvalue weighted by Crippen LogP contribution is -2.50. The number of esters is 1. The van der Waals surface area contributed by atoms with Crippen LogP contribution in [0.5, 0.6) is 0 Å². The van der Waals surface area contributed by atoms with E-state index in [9.17, 15) is 9.59 Å². The van der Waals surface area contributed by atoms with Crippen molar-refractivity contribution >= 4 is 76.6 Å². The number of nitrogens with zero attached hydrogens (tertiary/aromatic N) is 3. The van der Waals surface area contributed by atoms with Crippen LogP contribution in [-0.4, -0.2) is 72.0 Å². The van der Waals surface area contributed by atoms with Crippen LogP contribution in [0.25, 0.3) is 11.0 Å². The van der Waals surface area contributed by atoms with E-state index in [0.717, 1.165) is 22.5 Å². The van der Waals surface area contributed by atoms with Crippen molar-refractivity contribution in [1.82, 2.24) is 20.2 Å². The highest BCUT2D eigenvalue weighted by Gasteiger charge is 2.27. The molecule has 0 spiro atoms. The van der Waals surface area contributed by atoms with Gasteiger partial charge in [-0.1, -0.05) is 13.8 Å². The molecular weight excluding hydrogens is 560 g/mol. The van der Waals surface area contributed by atoms with Gasteiger partial charge in [-0.05, 0) is 50.9 Å². The minimum absolute atomic E-state index is 0. The molecule has 2 atom stereocenters. The van der Waals surface area contributed by atoms with E-state index < -0.39 is 18.1 Å². The predicted octanol–water partition coefficient (Wildman–Crippen LogP) is 4.32. The zero-order valence-corrected chi connectivity index (χ0v) is 25.4. The minimum Gasteiger partial charge on any atom is -0.464 e. The Morgan fingerprint density at radius 2 is 1.78 bits per heavy atom. The highest BCUT2D eigenvalue weighted by molar-refractivity contribution is 6.18. The molecule has 0 aliphatic carbocycles. The van der Waals surface area contributed by atoms with E-state index in [-0.39, 0.29) is 43.2 Å². The van der Waals surface area contributed by atoms with Crippen molar-refractivity contribution < 1.29 is 14.3 Å². The van der Waals surface area contributed by atoms with E-state index >= 15 is 0 Å². The fourth-order valence-electron chi connectivity index (χ4n) is 4.11. The number of aryl methyl sites for hydroxylation is 2. The van der Waals surface area contributed by atoms with Gasteiger partial charge in [-0.2, -0.15) is 0 Å². The molecule has 2 N–H and O–H groups in total. The summed E-state index contributed by atoms with van der Waals surface area (Å²) in [7, 11) is 3.73. The van der Waals surface area contributed by atoms with Gasteiger partial charge in [0.1, 0.15) is 11.9 Å². The van der Waals surface area contributed by atoms with Gasteiger partial charge in [0.05, 0.1) is 23.7 Å². The van der Waals surface area contributed by atoms with Crippen LogP contribution in [0.15, 0.2) is 18.2 Å². The molecule has 0 aliphatic heterocycles. The third-order valence-electron chi connectivity index (χ3n) is 5.95. The average Bonchev–Trinajstić information content (AvgIpc) is 3.13. The number of anilines is 1. The van der Waals surface area contributed by atoms with Crippen molar-refractivity contribution in [2.24, 2.45) is 13.0 Å². The van der Waals surface area contributed by atoms with Crippen molar-refractivity contribution in [3.8, 4) is 0 Å². The maximum absolute atomic E-state index is 13.0. The fraction of sp³-hybridized carbons (Fsp3) is 0.640. The molecule has 0 bridgehead atoms. The number of imidazole rings is 1. The monoisotopic (exact) mass is 599 g/mol. The number of benzene rings is 1. The molecule has 1 amide bonds. The SMILES string of the molecule is CCOC(=O)[C@H](CC(C)C)NC(=O)[C@H](CCc1nc2cc(N(CCCl)CCCl)ccc2n1C)NC.Cl.Cl. The number of halogens is 4. The third kappa shape index (κ3) is 10.3. The van der Waals surface area contributed by atoms with Crippen LogP contribution in [0.2, 0.25) is 0 Å². The van der Waals surface area contributed by atoms with Gasteiger partial charge in [0.25, 0.3) is 0 Å². The molecule has 1 aromatic carbocycles. The third-order valence-corrected chi connectivity index (χ3v) is 6.29. The second-order valence-electron chi connectivity index (χ2n) is 8.95. The Morgan fingerprint density at radius 1 is 1.14 bits per heavy atom. The van der Waals surface area contributed by atoms with E-state index in [1.54, 1.807) is 14.0 Å². The number of nitrogens with one attached hydrogen (secondary N) is 2. The van der Waals surface area contributed by atoms with Crippen LogP contribution in [0, 0.1) is 5.92 Å². The summed E-state index contributed by atoms with van der Waals surface area (Å²) in [5.74, 6) is 1.55. The molecule has 0 aliphatic rings. The lowest BCUT2D eigenvalue weighted by atomic mass is 10.0. The van der Waals surface area contributed by atoms with Gasteiger partial charge < -0.3 is 24.8 Å². The van der Waals surface area contributed by atoms with Gasteiger partial charge in [0.15, 0.2) is 0 Å². The van der Waals surface area contributed by atoms with Gasteiger partial charge in [0.2, 0.25) is 5.91 Å². The van der Waals surface area contributed by atoms with Gasteiger partial charge in [-0.15, -0.1) is 48.0 Å². The van der Waals surface area contributed by atoms with Crippen molar-refractivity contribution in [2.45, 2.75) is 52.1 Å². The standard InChI is InChI=1S/C25H39Cl2N5O3.2ClH/c1-6-35-25(34)21(15-17(2)3)30-24(33)19(28-4)8-10-23-29-20-16-18(7-9-22(20)31(23)5)32(13-11-26)14-12-27;;/h7,9,16-17,19,21,28H,6,8,10-15H2,1-5H3,(H,30,33);2*1H/t19-,21-;;/m0../s1. The molecule has 37 heavy (non-hydrogen) atoms. The highest BCUT2D eigenvalue weighted by atomic mass is 35.5. The molecule has 8 nitrogen and oxygen atoms in total. The van der Waals surface area contributed by atoms with Crippen molar-refractivity contribution in [3.63, 3.8) is 0 Å². The molecule has 2 rings (SSSR count). The Labute approximate surface area is 243 Å². The highest BCUT2D eigenvalue weighted by Crippen LogP contribution is 2.23. The predicted molar refractivity (Wildman–Crippen MR) is 158 cm³/mol. The molecular formula is C25H41Cl4N5O3. The molecule has 0 saturated heterocycles. The summed E-state index contributed by atoms with van der Waals surface area (Å²) in [5, 5.41) is 5.95. The lowest BCUT2D eigenvalue weighted by molar-refractivity contribution is -0.148. The topological polar surface area (TPSA) is 88.5 Å². The molecule has 0 unspecified atom stereocenters. The summed E-state index contributed by atoms with van der Waals surface area (Å²) in [6.45, 7) is 7.48. The molecule has 12 heteroatoms. The zero-order valence-electron chi connectivity index (χ0n) is 22.3. The quantitative estimate of drug-likeness (QED) is 0.234. The van der Waals surface area contributed by atoms with Gasteiger partial charge in [-0.25, -0.2) is 9.78 Å². The van der Waals surface area contributed by atoms with Crippen LogP contribution in [0.3, 0.4) is 0 Å². The molecule has 212 valence electrons. The number of likely N-dealkylation sites (N-methyl/N-ethyl adjacent to an activating group) is 1. The molecule has 0 saturated carbocycles. The number of ether oxygens (including phenoxy) is 1. The van der Waals surface area contributed by atoms with Crippen LogP contribution >= 0.6 is 48.0 Å². The van der Waals surface area contributed by atoms with Crippen molar-refractivity contribution in [3.05, 3.63) is 24.0 Å². The van der Waals surface area contributed by atoms with E-state index in [0.29, 0.717) is 44.1 Å². The normalized spacial score (nSPS) is 12.4. The summed E-state index contributed by atoms with van der Waals surface area (Å²) in [6, 6.07) is 5.04. The van der Waals surface area contributed by atoms with Crippen LogP contribution in [-0.2, 0) is 27.8 Å². The van der Waals surface area contributed by atoms with E-state index in [1.807, 2.05) is 20.9 Å². The molecule has 0 radical (unpaired) electrons. The summed E-state index contributed by atoms with van der Waals surface area (Å²) < 4.78 is 7.20. The Hall–Kier alpha value is -1.45. The van der Waals surface area contributed by atoms with E-state index in [4.69, 9.17) is 32.9 Å². The summed E-state index contributed by atoms with van der Waals surface area (Å²) >= 11 is 11.9. The number of aromatic nitrogens is 2. The number of rotatable bonds is 15. The number of alkyl halides is 2. The first kappa shape index (κ1) is 35.5. The molecule has 2 aromatic rings. The first-order valence-electron chi connectivity index (χ1n) is 12.2. The first-order chi connectivity index (χ1) is 16.7. The number of carbonyl (C=O) groups excluding carboxylic acids is 2. The molecule has 0 fully saturated rings. The number of hydrogen-bond acceptors (Lipinski definition) is 6. The second kappa shape index (κ2) is 17.9. The maximum atomic E-state index is 13.0. The molecule has 1 aromatic heterocycles. The largest absolute Gasteiger partial charge is 0.464 e. The molecule has 1 heterocycles. The van der Waals surface area contributed by atoms with E-state index in [1.165, 1.54) is 0 Å². The average molecular weight is 601 g/mol. The van der Waals surface area contributed by atoms with Gasteiger partial charge in [0, 0.05) is 44.0 Å². The Morgan fingerprint density at radius 3 is 2.32 bits per heavy atom. The Kier molecular flexibility index (Phi) is 17.2. The van der Waals surface area contributed by atoms with E-state index in [2.05, 4.69) is 38.3 Å². The summed E-state index contributed by atoms with van der Waals surface area (Å²) in [4.78, 5) is 32.3. The second-order valence-corrected chi connectivity index (χ2v) is 9.70. The Balaban J connectivity index is 0.00000648. The first-order valence-corrected chi connectivity index (χ1v) is 13.3. The summed E-state index contributed by atoms with van der Waals surface area (Å²) in [5.41, 5.74) is 2.94. The Bertz CT molecular complexity index is 967. The zero-order chi connectivity index (χ0) is 26.0. The van der Waals surface area contributed by atoms with Crippen molar-refractivity contribution in [2.75, 3.05) is 43.4 Å². The smallest absolute Gasteiger partial charge is 0.328 e. The lowest BCUT2D eigenvalue weighted by Gasteiger charge is -2.22. The van der Waals surface area contributed by atoms with Crippen LogP contribution in [0.1, 0.15) is 39.4 Å². The van der Waals surface area contributed by atoms with Crippen LogP contribution < -0.4 is 15.5 Å². The van der Waals surface area contributed by atoms with Gasteiger partial charge in [-0.3, -0.25) is 4.79 Å². The minimum atomic E-state index is -0.656. The van der Waals surface area contributed by atoms with Gasteiger partial charge >= 0.3 is 5.97 Å². The van der Waals surface area contributed by atoms with Crippen LogP contribution in [0.4, 0.5) is 5.69 Å². The maximum Gasteiger partial charge on any atom is 0.328 e. The fourth-order valence-corrected chi connectivity index (χ4v) is 4.52. The number of fused-ring (bicyclic) bond motifs is 1. The number of hydrogen-bond donors (Lipinski definition) is 2. The number of carbonyl (C=O) groups is 2. The van der Waals surface area contributed by atoms with Crippen molar-refractivity contribution in [1.29, 1.82) is 0 Å². The summed E-state index contributed by atoms with van der Waals surface area (Å²) in [6.07, 6.45) is 1.66. The number of amides is 1.